The highest BCUT2D eigenvalue weighted by atomic mass is 16.5. The van der Waals surface area contributed by atoms with Crippen LogP contribution in [0.4, 0.5) is 0 Å². The zero-order valence-corrected chi connectivity index (χ0v) is 24.6. The number of aliphatic hydroxyl groups is 1. The molecule has 5 aliphatic rings. The molecule has 0 radical (unpaired) electrons. The number of carbonyl (C=O) groups is 2. The third kappa shape index (κ3) is 3.15. The average molecular weight is 501 g/mol. The van der Waals surface area contributed by atoms with Crippen LogP contribution in [0.3, 0.4) is 0 Å². The fourth-order valence-electron chi connectivity index (χ4n) is 11.4. The number of ether oxygens (including phenoxy) is 1. The van der Waals surface area contributed by atoms with Gasteiger partial charge in [-0.2, -0.15) is 0 Å². The molecule has 0 aromatic heterocycles. The molecule has 5 saturated carbocycles. The minimum Gasteiger partial charge on any atom is -0.462 e. The molecule has 4 heteroatoms. The van der Waals surface area contributed by atoms with Crippen molar-refractivity contribution in [3.05, 3.63) is 0 Å². The molecule has 1 N–H and O–H groups in total. The molecule has 5 aliphatic carbocycles. The van der Waals surface area contributed by atoms with E-state index in [0.717, 1.165) is 51.4 Å². The van der Waals surface area contributed by atoms with Crippen molar-refractivity contribution >= 4 is 11.8 Å². The van der Waals surface area contributed by atoms with Gasteiger partial charge in [-0.05, 0) is 91.3 Å². The molecule has 0 amide bonds. The smallest absolute Gasteiger partial charge is 0.302 e. The van der Waals surface area contributed by atoms with Crippen LogP contribution in [0.25, 0.3) is 0 Å². The third-order valence-corrected chi connectivity index (χ3v) is 13.9. The van der Waals surface area contributed by atoms with Crippen molar-refractivity contribution in [2.45, 2.75) is 138 Å². The molecule has 0 saturated heterocycles. The number of Topliss-reactive ketones (excluding diaryl/α,β-unsaturated/α-hetero) is 1. The van der Waals surface area contributed by atoms with Gasteiger partial charge in [0.1, 0.15) is 11.7 Å². The van der Waals surface area contributed by atoms with Crippen LogP contribution in [0.5, 0.6) is 0 Å². The first kappa shape index (κ1) is 26.7. The van der Waals surface area contributed by atoms with E-state index in [1.54, 1.807) is 0 Å². The fraction of sp³-hybridized carbons (Fsp3) is 0.938. The van der Waals surface area contributed by atoms with E-state index in [-0.39, 0.29) is 56.8 Å². The Kier molecular flexibility index (Phi) is 5.64. The second-order valence-corrected chi connectivity index (χ2v) is 16.3. The summed E-state index contributed by atoms with van der Waals surface area (Å²) in [5.74, 6) is 0.622. The predicted molar refractivity (Wildman–Crippen MR) is 142 cm³/mol. The van der Waals surface area contributed by atoms with Crippen LogP contribution in [0.2, 0.25) is 0 Å². The standard InChI is InChI=1S/C32H52O4/c1-20(33)36-25-11-12-29(7)21(27(25,4)5)10-13-30(8)22(29)18-24(34)32(35)23-19-26(2,3)14-15-28(23,6)16-17-31(30,32)9/h21-23,25,35H,10-19H2,1-9H3. The highest BCUT2D eigenvalue weighted by molar-refractivity contribution is 5.90. The molecule has 0 heterocycles. The molecule has 5 rings (SSSR count). The quantitative estimate of drug-likeness (QED) is 0.390. The highest BCUT2D eigenvalue weighted by Crippen LogP contribution is 2.77. The van der Waals surface area contributed by atoms with E-state index in [1.807, 2.05) is 0 Å². The molecule has 4 nitrogen and oxygen atoms in total. The molecule has 0 aliphatic heterocycles. The molecule has 5 fully saturated rings. The van der Waals surface area contributed by atoms with Crippen molar-refractivity contribution in [3.8, 4) is 0 Å². The molecule has 0 spiro atoms. The number of carbonyl (C=O) groups excluding carboxylic acids is 2. The summed E-state index contributed by atoms with van der Waals surface area (Å²) in [6.45, 7) is 20.3. The molecule has 204 valence electrons. The number of hydrogen-bond acceptors (Lipinski definition) is 4. The van der Waals surface area contributed by atoms with Gasteiger partial charge in [0, 0.05) is 30.1 Å². The van der Waals surface area contributed by atoms with Gasteiger partial charge in [0.15, 0.2) is 5.78 Å². The van der Waals surface area contributed by atoms with Gasteiger partial charge in [-0.25, -0.2) is 0 Å². The van der Waals surface area contributed by atoms with E-state index in [4.69, 9.17) is 4.74 Å². The van der Waals surface area contributed by atoms with Crippen molar-refractivity contribution in [1.29, 1.82) is 0 Å². The van der Waals surface area contributed by atoms with Crippen LogP contribution in [-0.4, -0.2) is 28.6 Å². The van der Waals surface area contributed by atoms with Crippen molar-refractivity contribution in [1.82, 2.24) is 0 Å². The number of ketones is 1. The van der Waals surface area contributed by atoms with Crippen LogP contribution in [0.1, 0.15) is 127 Å². The van der Waals surface area contributed by atoms with Gasteiger partial charge in [0.05, 0.1) is 0 Å². The lowest BCUT2D eigenvalue weighted by Crippen LogP contribution is -2.76. The molecular weight excluding hydrogens is 448 g/mol. The van der Waals surface area contributed by atoms with E-state index in [2.05, 4.69) is 55.4 Å². The summed E-state index contributed by atoms with van der Waals surface area (Å²) in [5, 5.41) is 12.8. The monoisotopic (exact) mass is 500 g/mol. The summed E-state index contributed by atoms with van der Waals surface area (Å²) in [4.78, 5) is 26.3. The minimum absolute atomic E-state index is 0.000263. The Hall–Kier alpha value is -0.900. The van der Waals surface area contributed by atoms with Crippen molar-refractivity contribution in [2.24, 2.45) is 50.2 Å². The Morgan fingerprint density at radius 1 is 0.833 bits per heavy atom. The van der Waals surface area contributed by atoms with Crippen LogP contribution >= 0.6 is 0 Å². The Labute approximate surface area is 219 Å². The zero-order valence-electron chi connectivity index (χ0n) is 24.6. The first-order valence-electron chi connectivity index (χ1n) is 14.8. The maximum absolute atomic E-state index is 14.4. The van der Waals surface area contributed by atoms with Gasteiger partial charge in [0.2, 0.25) is 0 Å². The van der Waals surface area contributed by atoms with Crippen LogP contribution in [-0.2, 0) is 14.3 Å². The van der Waals surface area contributed by atoms with Crippen molar-refractivity contribution < 1.29 is 19.4 Å². The molecule has 9 unspecified atom stereocenters. The minimum atomic E-state index is -1.24. The molecular formula is C32H52O4. The Morgan fingerprint density at radius 3 is 2.11 bits per heavy atom. The van der Waals surface area contributed by atoms with Crippen LogP contribution in [0, 0.1) is 50.2 Å². The summed E-state index contributed by atoms with van der Waals surface area (Å²) in [6.07, 6.45) is 9.67. The maximum atomic E-state index is 14.4. The van der Waals surface area contributed by atoms with Crippen LogP contribution < -0.4 is 0 Å². The predicted octanol–water partition coefficient (Wildman–Crippen LogP) is 7.11. The van der Waals surface area contributed by atoms with Gasteiger partial charge >= 0.3 is 5.97 Å². The van der Waals surface area contributed by atoms with Gasteiger partial charge < -0.3 is 9.84 Å². The zero-order chi connectivity index (χ0) is 26.7. The van der Waals surface area contributed by atoms with E-state index in [9.17, 15) is 14.7 Å². The van der Waals surface area contributed by atoms with Crippen molar-refractivity contribution in [3.63, 3.8) is 0 Å². The first-order valence-corrected chi connectivity index (χ1v) is 14.8. The Morgan fingerprint density at radius 2 is 1.47 bits per heavy atom. The summed E-state index contributed by atoms with van der Waals surface area (Å²) in [6, 6.07) is 0. The highest BCUT2D eigenvalue weighted by Gasteiger charge is 2.77. The molecule has 0 bridgehead atoms. The Bertz CT molecular complexity index is 967. The molecule has 36 heavy (non-hydrogen) atoms. The van der Waals surface area contributed by atoms with E-state index >= 15 is 0 Å². The molecule has 9 atom stereocenters. The first-order chi connectivity index (χ1) is 16.4. The van der Waals surface area contributed by atoms with Gasteiger partial charge in [0.25, 0.3) is 0 Å². The lowest BCUT2D eigenvalue weighted by atomic mass is 9.30. The normalized spacial score (nSPS) is 53.3. The van der Waals surface area contributed by atoms with Gasteiger partial charge in [-0.15, -0.1) is 0 Å². The topological polar surface area (TPSA) is 63.6 Å². The second-order valence-electron chi connectivity index (χ2n) is 16.3. The van der Waals surface area contributed by atoms with Crippen molar-refractivity contribution in [2.75, 3.05) is 0 Å². The second kappa shape index (κ2) is 7.60. The lowest BCUT2D eigenvalue weighted by Gasteiger charge is -2.75. The summed E-state index contributed by atoms with van der Waals surface area (Å²) in [5.41, 5.74) is -1.66. The molecule has 0 aromatic rings. The largest absolute Gasteiger partial charge is 0.462 e. The number of rotatable bonds is 1. The Balaban J connectivity index is 1.57. The van der Waals surface area contributed by atoms with Gasteiger partial charge in [-0.1, -0.05) is 55.4 Å². The number of hydrogen-bond donors (Lipinski definition) is 1. The molecule has 0 aromatic carbocycles. The van der Waals surface area contributed by atoms with E-state index in [0.29, 0.717) is 12.3 Å². The van der Waals surface area contributed by atoms with Gasteiger partial charge in [-0.3, -0.25) is 9.59 Å². The third-order valence-electron chi connectivity index (χ3n) is 13.9. The maximum Gasteiger partial charge on any atom is 0.302 e. The van der Waals surface area contributed by atoms with Crippen LogP contribution in [0.15, 0.2) is 0 Å². The number of esters is 1. The van der Waals surface area contributed by atoms with E-state index in [1.165, 1.54) is 13.3 Å². The number of fused-ring (bicyclic) bond motifs is 7. The lowest BCUT2D eigenvalue weighted by molar-refractivity contribution is -0.293. The summed E-state index contributed by atoms with van der Waals surface area (Å²) in [7, 11) is 0. The summed E-state index contributed by atoms with van der Waals surface area (Å²) >= 11 is 0. The summed E-state index contributed by atoms with van der Waals surface area (Å²) < 4.78 is 5.85. The average Bonchev–Trinajstić information content (AvgIpc) is 2.76. The SMILES string of the molecule is CC(=O)OC1CCC2(C)C(CCC3(C)C2CC(=O)C2(O)C4CC(C)(C)CCC4(C)CCC32C)C1(C)C. The van der Waals surface area contributed by atoms with E-state index < -0.39 is 11.0 Å². The fourth-order valence-corrected chi connectivity index (χ4v) is 11.4.